The van der Waals surface area contributed by atoms with Crippen LogP contribution in [-0.2, 0) is 0 Å². The van der Waals surface area contributed by atoms with Gasteiger partial charge in [0.25, 0.3) is 0 Å². The summed E-state index contributed by atoms with van der Waals surface area (Å²) >= 11 is 1.87. The molecule has 0 unspecified atom stereocenters. The summed E-state index contributed by atoms with van der Waals surface area (Å²) in [5.74, 6) is 1.82. The molecule has 1 saturated heterocycles. The third-order valence-corrected chi connectivity index (χ3v) is 5.30. The van der Waals surface area contributed by atoms with E-state index in [2.05, 4.69) is 47.6 Å². The summed E-state index contributed by atoms with van der Waals surface area (Å²) in [5.41, 5.74) is 0. The fourth-order valence-electron chi connectivity index (χ4n) is 2.21. The van der Waals surface area contributed by atoms with Crippen molar-refractivity contribution >= 4 is 41.7 Å². The summed E-state index contributed by atoms with van der Waals surface area (Å²) in [4.78, 5) is 6.83. The standard InChI is InChI=1S/C15H32N4S.HI/c1-13-6-9-19(10-7-13)11-8-17-14(16-4)18-12-15(2,3)20-5;/h13H,6-12H2,1-5H3,(H2,16,17,18);1H. The fraction of sp³-hybridized carbons (Fsp3) is 0.933. The highest BCUT2D eigenvalue weighted by atomic mass is 127. The molecule has 4 nitrogen and oxygen atoms in total. The van der Waals surface area contributed by atoms with Crippen molar-refractivity contribution in [2.45, 2.75) is 38.4 Å². The van der Waals surface area contributed by atoms with Crippen LogP contribution in [0.5, 0.6) is 0 Å². The minimum atomic E-state index is 0. The zero-order valence-corrected chi connectivity index (χ0v) is 17.4. The normalized spacial score (nSPS) is 18.2. The Morgan fingerprint density at radius 2 is 1.90 bits per heavy atom. The third kappa shape index (κ3) is 9.13. The van der Waals surface area contributed by atoms with Crippen LogP contribution in [0, 0.1) is 5.92 Å². The number of nitrogens with one attached hydrogen (secondary N) is 2. The molecule has 1 rings (SSSR count). The van der Waals surface area contributed by atoms with E-state index in [4.69, 9.17) is 0 Å². The predicted molar refractivity (Wildman–Crippen MR) is 107 cm³/mol. The van der Waals surface area contributed by atoms with Gasteiger partial charge in [-0.3, -0.25) is 4.99 Å². The second-order valence-corrected chi connectivity index (χ2v) is 7.85. The second kappa shape index (κ2) is 10.9. The number of guanidine groups is 1. The van der Waals surface area contributed by atoms with Crippen molar-refractivity contribution in [3.05, 3.63) is 0 Å². The molecule has 0 aromatic carbocycles. The van der Waals surface area contributed by atoms with Crippen LogP contribution in [0.15, 0.2) is 4.99 Å². The topological polar surface area (TPSA) is 39.7 Å². The van der Waals surface area contributed by atoms with E-state index in [1.165, 1.54) is 25.9 Å². The van der Waals surface area contributed by atoms with E-state index >= 15 is 0 Å². The lowest BCUT2D eigenvalue weighted by Gasteiger charge is -2.30. The number of halogens is 1. The molecule has 1 aliphatic rings. The Hall–Kier alpha value is 0.310. The Labute approximate surface area is 152 Å². The van der Waals surface area contributed by atoms with Gasteiger partial charge >= 0.3 is 0 Å². The average molecular weight is 428 g/mol. The molecule has 126 valence electrons. The molecular formula is C15H33IN4S. The minimum Gasteiger partial charge on any atom is -0.355 e. The molecule has 1 heterocycles. The number of thioether (sulfide) groups is 1. The molecule has 0 amide bonds. The van der Waals surface area contributed by atoms with Crippen molar-refractivity contribution in [1.82, 2.24) is 15.5 Å². The van der Waals surface area contributed by atoms with Crippen molar-refractivity contribution in [3.8, 4) is 0 Å². The first kappa shape index (κ1) is 21.3. The fourth-order valence-corrected chi connectivity index (χ4v) is 2.42. The first-order valence-electron chi connectivity index (χ1n) is 7.69. The molecule has 0 radical (unpaired) electrons. The quantitative estimate of drug-likeness (QED) is 0.388. The molecule has 0 spiro atoms. The lowest BCUT2D eigenvalue weighted by atomic mass is 9.99. The third-order valence-electron chi connectivity index (χ3n) is 4.05. The molecule has 0 saturated carbocycles. The van der Waals surface area contributed by atoms with E-state index in [1.807, 2.05) is 18.8 Å². The first-order valence-corrected chi connectivity index (χ1v) is 8.91. The van der Waals surface area contributed by atoms with Crippen LogP contribution in [0.1, 0.15) is 33.6 Å². The number of hydrogen-bond acceptors (Lipinski definition) is 3. The highest BCUT2D eigenvalue weighted by Crippen LogP contribution is 2.19. The molecule has 0 bridgehead atoms. The Balaban J connectivity index is 0.00000400. The SMILES string of the molecule is CN=C(NCCN1CCC(C)CC1)NCC(C)(C)SC.I. The number of aliphatic imine (C=N–C) groups is 1. The minimum absolute atomic E-state index is 0. The van der Waals surface area contributed by atoms with Crippen molar-refractivity contribution in [2.75, 3.05) is 46.0 Å². The van der Waals surface area contributed by atoms with Crippen molar-refractivity contribution in [2.24, 2.45) is 10.9 Å². The van der Waals surface area contributed by atoms with Crippen LogP contribution >= 0.6 is 35.7 Å². The van der Waals surface area contributed by atoms with Crippen LogP contribution in [0.2, 0.25) is 0 Å². The summed E-state index contributed by atoms with van der Waals surface area (Å²) in [6.45, 7) is 12.3. The molecule has 6 heteroatoms. The highest BCUT2D eigenvalue weighted by Gasteiger charge is 2.17. The van der Waals surface area contributed by atoms with Crippen molar-refractivity contribution in [3.63, 3.8) is 0 Å². The van der Waals surface area contributed by atoms with E-state index in [0.717, 1.165) is 31.5 Å². The van der Waals surface area contributed by atoms with Gasteiger partial charge in [-0.05, 0) is 52.0 Å². The van der Waals surface area contributed by atoms with E-state index in [-0.39, 0.29) is 28.7 Å². The van der Waals surface area contributed by atoms with Crippen LogP contribution in [0.4, 0.5) is 0 Å². The number of piperidine rings is 1. The molecule has 0 aromatic rings. The molecule has 2 N–H and O–H groups in total. The van der Waals surface area contributed by atoms with Crippen molar-refractivity contribution in [1.29, 1.82) is 0 Å². The summed E-state index contributed by atoms with van der Waals surface area (Å²) in [6.07, 6.45) is 4.83. The Morgan fingerprint density at radius 3 is 2.43 bits per heavy atom. The summed E-state index contributed by atoms with van der Waals surface area (Å²) in [7, 11) is 1.84. The number of rotatable bonds is 6. The zero-order valence-electron chi connectivity index (χ0n) is 14.2. The Morgan fingerprint density at radius 1 is 1.29 bits per heavy atom. The van der Waals surface area contributed by atoms with Crippen LogP contribution in [-0.4, -0.2) is 61.6 Å². The second-order valence-electron chi connectivity index (χ2n) is 6.34. The van der Waals surface area contributed by atoms with Crippen LogP contribution in [0.25, 0.3) is 0 Å². The molecule has 0 aromatic heterocycles. The zero-order chi connectivity index (χ0) is 15.0. The average Bonchev–Trinajstić information content (AvgIpc) is 2.44. The molecule has 1 fully saturated rings. The Bertz CT molecular complexity index is 302. The molecule has 21 heavy (non-hydrogen) atoms. The van der Waals surface area contributed by atoms with Gasteiger partial charge in [0.1, 0.15) is 0 Å². The van der Waals surface area contributed by atoms with E-state index < -0.39 is 0 Å². The van der Waals surface area contributed by atoms with Crippen LogP contribution < -0.4 is 10.6 Å². The summed E-state index contributed by atoms with van der Waals surface area (Å²) in [5, 5.41) is 6.82. The van der Waals surface area contributed by atoms with Gasteiger partial charge in [-0.15, -0.1) is 24.0 Å². The monoisotopic (exact) mass is 428 g/mol. The molecule has 0 atom stereocenters. The maximum absolute atomic E-state index is 4.29. The van der Waals surface area contributed by atoms with Gasteiger partial charge in [-0.25, -0.2) is 0 Å². The lowest BCUT2D eigenvalue weighted by molar-refractivity contribution is 0.195. The highest BCUT2D eigenvalue weighted by molar-refractivity contribution is 14.0. The van der Waals surface area contributed by atoms with Crippen LogP contribution in [0.3, 0.4) is 0 Å². The van der Waals surface area contributed by atoms with Crippen molar-refractivity contribution < 1.29 is 0 Å². The number of nitrogens with zero attached hydrogens (tertiary/aromatic N) is 2. The van der Waals surface area contributed by atoms with Gasteiger partial charge in [-0.2, -0.15) is 11.8 Å². The van der Waals surface area contributed by atoms with Gasteiger partial charge in [0.2, 0.25) is 0 Å². The van der Waals surface area contributed by atoms with Gasteiger partial charge in [-0.1, -0.05) is 6.92 Å². The molecule has 0 aliphatic carbocycles. The van der Waals surface area contributed by atoms with E-state index in [9.17, 15) is 0 Å². The maximum Gasteiger partial charge on any atom is 0.191 e. The van der Waals surface area contributed by atoms with E-state index in [0.29, 0.717) is 0 Å². The maximum atomic E-state index is 4.29. The molecule has 1 aliphatic heterocycles. The smallest absolute Gasteiger partial charge is 0.191 e. The van der Waals surface area contributed by atoms with Gasteiger partial charge < -0.3 is 15.5 Å². The number of likely N-dealkylation sites (tertiary alicyclic amines) is 1. The Kier molecular flexibility index (Phi) is 11.1. The predicted octanol–water partition coefficient (Wildman–Crippen LogP) is 2.64. The number of hydrogen-bond donors (Lipinski definition) is 2. The summed E-state index contributed by atoms with van der Waals surface area (Å²) < 4.78 is 0.237. The largest absolute Gasteiger partial charge is 0.355 e. The first-order chi connectivity index (χ1) is 9.46. The lowest BCUT2D eigenvalue weighted by Crippen LogP contribution is -2.46. The summed E-state index contributed by atoms with van der Waals surface area (Å²) in [6, 6.07) is 0. The van der Waals surface area contributed by atoms with Gasteiger partial charge in [0.15, 0.2) is 5.96 Å². The van der Waals surface area contributed by atoms with Gasteiger partial charge in [0.05, 0.1) is 0 Å². The molecular weight excluding hydrogens is 395 g/mol. The van der Waals surface area contributed by atoms with Gasteiger partial charge in [0, 0.05) is 31.4 Å². The van der Waals surface area contributed by atoms with E-state index in [1.54, 1.807) is 0 Å².